The molecule has 1 heterocycles. The minimum atomic E-state index is 0.0387. The van der Waals surface area contributed by atoms with Crippen LogP contribution in [0.4, 0.5) is 0 Å². The van der Waals surface area contributed by atoms with Crippen LogP contribution in [-0.2, 0) is 4.79 Å². The maximum atomic E-state index is 12.3. The van der Waals surface area contributed by atoms with E-state index in [2.05, 4.69) is 40.5 Å². The highest BCUT2D eigenvalue weighted by Gasteiger charge is 2.28. The van der Waals surface area contributed by atoms with E-state index >= 15 is 0 Å². The van der Waals surface area contributed by atoms with Crippen LogP contribution in [0.2, 0.25) is 0 Å². The minimum Gasteiger partial charge on any atom is -0.481 e. The average Bonchev–Trinajstić information content (AvgIpc) is 2.51. The zero-order valence-corrected chi connectivity index (χ0v) is 15.3. The van der Waals surface area contributed by atoms with Gasteiger partial charge in [0.1, 0.15) is 12.4 Å². The lowest BCUT2D eigenvalue weighted by molar-refractivity contribution is -0.127. The summed E-state index contributed by atoms with van der Waals surface area (Å²) in [5.74, 6) is 6.69. The van der Waals surface area contributed by atoms with Crippen molar-refractivity contribution in [1.29, 1.82) is 0 Å². The van der Waals surface area contributed by atoms with Crippen molar-refractivity contribution in [3.63, 3.8) is 0 Å². The van der Waals surface area contributed by atoms with E-state index in [9.17, 15) is 4.79 Å². The van der Waals surface area contributed by atoms with Crippen molar-refractivity contribution < 1.29 is 9.53 Å². The van der Waals surface area contributed by atoms with Gasteiger partial charge >= 0.3 is 0 Å². The first-order chi connectivity index (χ1) is 10.6. The predicted molar refractivity (Wildman–Crippen MR) is 97.9 cm³/mol. The molecule has 1 amide bonds. The summed E-state index contributed by atoms with van der Waals surface area (Å²) < 4.78 is 5.62. The van der Waals surface area contributed by atoms with Crippen LogP contribution in [0.3, 0.4) is 0 Å². The molecule has 0 spiro atoms. The van der Waals surface area contributed by atoms with Crippen molar-refractivity contribution in [2.45, 2.75) is 31.1 Å². The molecule has 1 unspecified atom stereocenters. The summed E-state index contributed by atoms with van der Waals surface area (Å²) in [7, 11) is 0. The number of rotatable bonds is 4. The maximum Gasteiger partial charge on any atom is 0.240 e. The van der Waals surface area contributed by atoms with Crippen molar-refractivity contribution in [1.82, 2.24) is 4.90 Å². The molecule has 1 aromatic rings. The van der Waals surface area contributed by atoms with E-state index in [1.54, 1.807) is 6.92 Å². The fraction of sp³-hybridized carbons (Fsp3) is 0.389. The zero-order valence-electron chi connectivity index (χ0n) is 13.1. The molecule has 116 valence electrons. The molecular weight excluding hydrogens is 389 g/mol. The normalized spacial score (nSPS) is 17.6. The van der Waals surface area contributed by atoms with Gasteiger partial charge in [0.05, 0.1) is 3.92 Å². The molecule has 22 heavy (non-hydrogen) atoms. The molecule has 0 aromatic heterocycles. The van der Waals surface area contributed by atoms with E-state index < -0.39 is 0 Å². The smallest absolute Gasteiger partial charge is 0.240 e. The third kappa shape index (κ3) is 3.64. The number of hydrogen-bond acceptors (Lipinski definition) is 2. The number of amides is 1. The van der Waals surface area contributed by atoms with E-state index in [1.165, 1.54) is 0 Å². The molecule has 1 aliphatic rings. The largest absolute Gasteiger partial charge is 0.481 e. The summed E-state index contributed by atoms with van der Waals surface area (Å²) in [5, 5.41) is 0. The Morgan fingerprint density at radius 3 is 2.86 bits per heavy atom. The van der Waals surface area contributed by atoms with Gasteiger partial charge in [-0.05, 0) is 51.0 Å². The summed E-state index contributed by atoms with van der Waals surface area (Å²) >= 11 is 2.21. The van der Waals surface area contributed by atoms with Crippen molar-refractivity contribution in [3.8, 4) is 17.6 Å². The first-order valence-electron chi connectivity index (χ1n) is 7.37. The first kappa shape index (κ1) is 16.9. The van der Waals surface area contributed by atoms with Crippen LogP contribution in [-0.4, -0.2) is 27.9 Å². The zero-order chi connectivity index (χ0) is 16.1. The Kier molecular flexibility index (Phi) is 5.90. The van der Waals surface area contributed by atoms with Gasteiger partial charge in [-0.3, -0.25) is 4.79 Å². The summed E-state index contributed by atoms with van der Waals surface area (Å²) in [6.07, 6.45) is 2.95. The Morgan fingerprint density at radius 1 is 1.45 bits per heavy atom. The Hall–Kier alpha value is -1.48. The Labute approximate surface area is 145 Å². The van der Waals surface area contributed by atoms with Crippen molar-refractivity contribution >= 4 is 34.2 Å². The lowest BCUT2D eigenvalue weighted by atomic mass is 10.00. The fourth-order valence-electron chi connectivity index (χ4n) is 2.50. The molecule has 1 aliphatic heterocycles. The molecule has 0 radical (unpaired) electrons. The Bertz CT molecular complexity index is 655. The number of nitrogens with zero attached hydrogens (tertiary/aromatic N) is 1. The molecule has 2 rings (SSSR count). The Morgan fingerprint density at radius 2 is 2.23 bits per heavy atom. The van der Waals surface area contributed by atoms with Crippen molar-refractivity contribution in [3.05, 3.63) is 35.4 Å². The van der Waals surface area contributed by atoms with Crippen LogP contribution in [0.25, 0.3) is 5.70 Å². The molecule has 4 heteroatoms. The van der Waals surface area contributed by atoms with Gasteiger partial charge in [0.25, 0.3) is 0 Å². The minimum absolute atomic E-state index is 0.0387. The van der Waals surface area contributed by atoms with Crippen LogP contribution in [0, 0.1) is 18.8 Å². The van der Waals surface area contributed by atoms with Gasteiger partial charge in [-0.15, -0.1) is 5.92 Å². The van der Waals surface area contributed by atoms with Gasteiger partial charge in [0.15, 0.2) is 0 Å². The highest BCUT2D eigenvalue weighted by molar-refractivity contribution is 14.1. The number of halogens is 1. The van der Waals surface area contributed by atoms with Gasteiger partial charge in [-0.25, -0.2) is 0 Å². The Balaban J connectivity index is 2.28. The van der Waals surface area contributed by atoms with Crippen LogP contribution >= 0.6 is 22.6 Å². The highest BCUT2D eigenvalue weighted by Crippen LogP contribution is 2.31. The quantitative estimate of drug-likeness (QED) is 0.430. The van der Waals surface area contributed by atoms with Gasteiger partial charge in [-0.2, -0.15) is 0 Å². The number of aryl methyl sites for hydroxylation is 1. The van der Waals surface area contributed by atoms with E-state index in [1.807, 2.05) is 36.9 Å². The van der Waals surface area contributed by atoms with E-state index in [4.69, 9.17) is 4.74 Å². The molecule has 0 saturated heterocycles. The molecule has 1 aromatic carbocycles. The second-order valence-electron chi connectivity index (χ2n) is 5.07. The van der Waals surface area contributed by atoms with Crippen molar-refractivity contribution in [2.24, 2.45) is 0 Å². The maximum absolute atomic E-state index is 12.3. The van der Waals surface area contributed by atoms with Gasteiger partial charge < -0.3 is 9.64 Å². The molecule has 1 atom stereocenters. The molecule has 0 bridgehead atoms. The second-order valence-corrected chi connectivity index (χ2v) is 6.57. The number of ether oxygens (including phenoxy) is 1. The van der Waals surface area contributed by atoms with Gasteiger partial charge in [0, 0.05) is 17.8 Å². The standard InChI is InChI=1S/C18H20INO2/c1-4-6-11-22-14-7-8-15(13(3)12-14)17-10-9-16(19)18(21)20(17)5-2/h7-8,10,12,16H,5,9,11H2,1-3H3. The summed E-state index contributed by atoms with van der Waals surface area (Å²) in [6, 6.07) is 5.97. The van der Waals surface area contributed by atoms with E-state index in [0.717, 1.165) is 29.0 Å². The fourth-order valence-corrected chi connectivity index (χ4v) is 3.09. The SMILES string of the molecule is CC#CCOc1ccc(C2=CCC(I)C(=O)N2CC)c(C)c1. The highest BCUT2D eigenvalue weighted by atomic mass is 127. The van der Waals surface area contributed by atoms with Gasteiger partial charge in [-0.1, -0.05) is 34.6 Å². The molecule has 0 N–H and O–H groups in total. The topological polar surface area (TPSA) is 29.5 Å². The molecule has 0 aliphatic carbocycles. The van der Waals surface area contributed by atoms with E-state index in [-0.39, 0.29) is 9.83 Å². The lowest BCUT2D eigenvalue weighted by Crippen LogP contribution is -2.38. The molecule has 0 saturated carbocycles. The second kappa shape index (κ2) is 7.68. The van der Waals surface area contributed by atoms with Crippen LogP contribution in [0.1, 0.15) is 31.4 Å². The third-order valence-electron chi connectivity index (χ3n) is 3.62. The van der Waals surface area contributed by atoms with Crippen LogP contribution < -0.4 is 4.74 Å². The lowest BCUT2D eigenvalue weighted by Gasteiger charge is -2.31. The molecular formula is C18H20INO2. The number of benzene rings is 1. The number of carbonyl (C=O) groups is 1. The number of hydrogen-bond donors (Lipinski definition) is 0. The number of carbonyl (C=O) groups excluding carboxylic acids is 1. The monoisotopic (exact) mass is 409 g/mol. The number of allylic oxidation sites excluding steroid dienone is 1. The van der Waals surface area contributed by atoms with E-state index in [0.29, 0.717) is 13.2 Å². The molecule has 3 nitrogen and oxygen atoms in total. The first-order valence-corrected chi connectivity index (χ1v) is 8.62. The summed E-state index contributed by atoms with van der Waals surface area (Å²) in [6.45, 7) is 6.94. The third-order valence-corrected chi connectivity index (χ3v) is 4.66. The summed E-state index contributed by atoms with van der Waals surface area (Å²) in [4.78, 5) is 14.2. The van der Waals surface area contributed by atoms with Gasteiger partial charge in [0.2, 0.25) is 5.91 Å². The van der Waals surface area contributed by atoms with Crippen LogP contribution in [0.15, 0.2) is 24.3 Å². The predicted octanol–water partition coefficient (Wildman–Crippen LogP) is 3.79. The average molecular weight is 409 g/mol. The van der Waals surface area contributed by atoms with Crippen LogP contribution in [0.5, 0.6) is 5.75 Å². The number of alkyl halides is 1. The van der Waals surface area contributed by atoms with Crippen molar-refractivity contribution in [2.75, 3.05) is 13.2 Å². The summed E-state index contributed by atoms with van der Waals surface area (Å²) in [5.41, 5.74) is 3.21. The molecule has 0 fully saturated rings.